The van der Waals surface area contributed by atoms with Gasteiger partial charge in [-0.15, -0.1) is 5.73 Å². The lowest BCUT2D eigenvalue weighted by molar-refractivity contribution is 0.313. The Balaban J connectivity index is 2.18. The largest absolute Gasteiger partial charge is 0.439 e. The van der Waals surface area contributed by atoms with Crippen molar-refractivity contribution in [2.75, 3.05) is 0 Å². The van der Waals surface area contributed by atoms with Gasteiger partial charge in [0.25, 0.3) is 0 Å². The SMILES string of the molecule is C=C1N=c2ccnc/c2=C/CC2=C(C=C=CC=C2)O1. The monoisotopic (exact) mass is 248 g/mol. The van der Waals surface area contributed by atoms with Crippen molar-refractivity contribution in [3.05, 3.63) is 82.9 Å². The average Bonchev–Trinajstić information content (AvgIpc) is 2.59. The summed E-state index contributed by atoms with van der Waals surface area (Å²) in [4.78, 5) is 8.50. The van der Waals surface area contributed by atoms with Crippen LogP contribution in [0.15, 0.2) is 77.3 Å². The number of ether oxygens (including phenoxy) is 1. The Kier molecular flexibility index (Phi) is 2.97. The number of fused-ring (bicyclic) bond motifs is 1. The van der Waals surface area contributed by atoms with E-state index in [0.29, 0.717) is 5.88 Å². The van der Waals surface area contributed by atoms with Crippen LogP contribution >= 0.6 is 0 Å². The minimum Gasteiger partial charge on any atom is -0.439 e. The van der Waals surface area contributed by atoms with E-state index in [-0.39, 0.29) is 0 Å². The first-order valence-electron chi connectivity index (χ1n) is 6.01. The van der Waals surface area contributed by atoms with Crippen molar-refractivity contribution < 1.29 is 4.74 Å². The second-order valence-electron chi connectivity index (χ2n) is 4.18. The standard InChI is InChI=1S/C16H12N2O/c1-12-18-15-9-10-17-11-14(15)8-7-13-5-3-2-4-6-16(13)19-12/h2-3,5-6,8-11H,1,7H2/b14-8-,18-15?. The molecule has 3 heteroatoms. The molecule has 0 N–H and O–H groups in total. The molecule has 0 saturated heterocycles. The van der Waals surface area contributed by atoms with Crippen molar-refractivity contribution in [1.29, 1.82) is 0 Å². The number of rotatable bonds is 0. The van der Waals surface area contributed by atoms with Crippen molar-refractivity contribution in [3.63, 3.8) is 0 Å². The molecule has 0 saturated carbocycles. The van der Waals surface area contributed by atoms with Gasteiger partial charge in [-0.1, -0.05) is 18.2 Å². The van der Waals surface area contributed by atoms with Gasteiger partial charge in [0.1, 0.15) is 5.76 Å². The molecule has 1 aliphatic carbocycles. The van der Waals surface area contributed by atoms with Crippen LogP contribution in [-0.4, -0.2) is 4.98 Å². The van der Waals surface area contributed by atoms with Gasteiger partial charge in [0.15, 0.2) is 0 Å². The topological polar surface area (TPSA) is 34.5 Å². The first-order valence-corrected chi connectivity index (χ1v) is 6.01. The van der Waals surface area contributed by atoms with Crippen LogP contribution in [0, 0.1) is 0 Å². The highest BCUT2D eigenvalue weighted by Crippen LogP contribution is 2.19. The third-order valence-electron chi connectivity index (χ3n) is 2.86. The van der Waals surface area contributed by atoms with Crippen LogP contribution in [0.5, 0.6) is 0 Å². The summed E-state index contributed by atoms with van der Waals surface area (Å²) in [7, 11) is 0. The molecule has 0 amide bonds. The molecule has 3 nitrogen and oxygen atoms in total. The first-order chi connectivity index (χ1) is 9.33. The Labute approximate surface area is 111 Å². The summed E-state index contributed by atoms with van der Waals surface area (Å²) in [6.07, 6.45) is 13.9. The molecule has 2 aliphatic rings. The molecule has 0 atom stereocenters. The van der Waals surface area contributed by atoms with E-state index in [1.54, 1.807) is 18.5 Å². The fourth-order valence-electron chi connectivity index (χ4n) is 1.94. The third-order valence-corrected chi connectivity index (χ3v) is 2.86. The van der Waals surface area contributed by atoms with Crippen molar-refractivity contribution in [2.24, 2.45) is 4.99 Å². The minimum atomic E-state index is 0.364. The summed E-state index contributed by atoms with van der Waals surface area (Å²) < 4.78 is 5.70. The first kappa shape index (κ1) is 11.5. The van der Waals surface area contributed by atoms with Gasteiger partial charge in [-0.2, -0.15) is 0 Å². The van der Waals surface area contributed by atoms with Crippen molar-refractivity contribution >= 4 is 6.08 Å². The van der Waals surface area contributed by atoms with Gasteiger partial charge in [-0.25, -0.2) is 4.99 Å². The lowest BCUT2D eigenvalue weighted by atomic mass is 10.1. The van der Waals surface area contributed by atoms with Gasteiger partial charge < -0.3 is 4.74 Å². The van der Waals surface area contributed by atoms with E-state index in [0.717, 1.165) is 28.3 Å². The van der Waals surface area contributed by atoms with Crippen molar-refractivity contribution in [1.82, 2.24) is 4.98 Å². The number of allylic oxidation sites excluding steroid dienone is 4. The molecule has 1 aromatic heterocycles. The molecular weight excluding hydrogens is 236 g/mol. The van der Waals surface area contributed by atoms with Crippen LogP contribution < -0.4 is 10.6 Å². The Morgan fingerprint density at radius 2 is 2.32 bits per heavy atom. The summed E-state index contributed by atoms with van der Waals surface area (Å²) in [5.74, 6) is 1.10. The van der Waals surface area contributed by atoms with Gasteiger partial charge in [-0.3, -0.25) is 4.98 Å². The summed E-state index contributed by atoms with van der Waals surface area (Å²) in [6, 6.07) is 1.85. The Bertz CT molecular complexity index is 775. The molecule has 0 bridgehead atoms. The predicted molar refractivity (Wildman–Crippen MR) is 73.1 cm³/mol. The number of hydrogen-bond donors (Lipinski definition) is 0. The van der Waals surface area contributed by atoms with E-state index in [1.165, 1.54) is 0 Å². The maximum Gasteiger partial charge on any atom is 0.212 e. The van der Waals surface area contributed by atoms with Crippen LogP contribution in [-0.2, 0) is 4.74 Å². The van der Waals surface area contributed by atoms with Crippen LogP contribution in [0.3, 0.4) is 0 Å². The lowest BCUT2D eigenvalue weighted by Gasteiger charge is -2.07. The van der Waals surface area contributed by atoms with Crippen LogP contribution in [0.4, 0.5) is 0 Å². The second kappa shape index (κ2) is 4.92. The Morgan fingerprint density at radius 3 is 3.26 bits per heavy atom. The molecule has 0 unspecified atom stereocenters. The zero-order valence-corrected chi connectivity index (χ0v) is 10.3. The van der Waals surface area contributed by atoms with Crippen LogP contribution in [0.25, 0.3) is 6.08 Å². The summed E-state index contributed by atoms with van der Waals surface area (Å²) in [5.41, 5.74) is 4.09. The van der Waals surface area contributed by atoms with E-state index in [2.05, 4.69) is 28.4 Å². The van der Waals surface area contributed by atoms with Gasteiger partial charge in [0.05, 0.1) is 5.36 Å². The fraction of sp³-hybridized carbons (Fsp3) is 0.0625. The number of nitrogens with zero attached hydrogens (tertiary/aromatic N) is 2. The van der Waals surface area contributed by atoms with Gasteiger partial charge >= 0.3 is 0 Å². The molecule has 19 heavy (non-hydrogen) atoms. The second-order valence-corrected chi connectivity index (χ2v) is 4.18. The van der Waals surface area contributed by atoms with Gasteiger partial charge in [-0.05, 0) is 30.7 Å². The highest BCUT2D eigenvalue weighted by molar-refractivity contribution is 5.41. The number of pyridine rings is 1. The molecule has 3 rings (SSSR count). The van der Waals surface area contributed by atoms with E-state index in [1.807, 2.05) is 24.3 Å². The predicted octanol–water partition coefficient (Wildman–Crippen LogP) is 1.91. The van der Waals surface area contributed by atoms with E-state index >= 15 is 0 Å². The third kappa shape index (κ3) is 2.46. The summed E-state index contributed by atoms with van der Waals surface area (Å²) in [5, 5.41) is 1.80. The van der Waals surface area contributed by atoms with E-state index < -0.39 is 0 Å². The average molecular weight is 248 g/mol. The maximum atomic E-state index is 5.70. The zero-order chi connectivity index (χ0) is 13.1. The Morgan fingerprint density at radius 1 is 1.37 bits per heavy atom. The lowest BCUT2D eigenvalue weighted by Crippen LogP contribution is -2.25. The van der Waals surface area contributed by atoms with E-state index in [9.17, 15) is 0 Å². The fourth-order valence-corrected chi connectivity index (χ4v) is 1.94. The zero-order valence-electron chi connectivity index (χ0n) is 10.3. The quantitative estimate of drug-likeness (QED) is 0.657. The van der Waals surface area contributed by atoms with Gasteiger partial charge in [0.2, 0.25) is 5.88 Å². The summed E-state index contributed by atoms with van der Waals surface area (Å²) >= 11 is 0. The normalized spacial score (nSPS) is 18.7. The molecule has 0 radical (unpaired) electrons. The molecule has 0 spiro atoms. The van der Waals surface area contributed by atoms with Crippen LogP contribution in [0.1, 0.15) is 6.42 Å². The molecule has 0 fully saturated rings. The highest BCUT2D eigenvalue weighted by atomic mass is 16.5. The summed E-state index contributed by atoms with van der Waals surface area (Å²) in [6.45, 7) is 3.84. The van der Waals surface area contributed by atoms with Crippen molar-refractivity contribution in [2.45, 2.75) is 6.42 Å². The molecule has 92 valence electrons. The Hall–Kier alpha value is -2.64. The molecular formula is C16H12N2O. The minimum absolute atomic E-state index is 0.364. The van der Waals surface area contributed by atoms with Crippen LogP contribution in [0.2, 0.25) is 0 Å². The van der Waals surface area contributed by atoms with E-state index in [4.69, 9.17) is 4.74 Å². The maximum absolute atomic E-state index is 5.70. The molecule has 2 heterocycles. The smallest absolute Gasteiger partial charge is 0.212 e. The highest BCUT2D eigenvalue weighted by Gasteiger charge is 2.07. The number of hydrogen-bond acceptors (Lipinski definition) is 3. The molecule has 1 aliphatic heterocycles. The van der Waals surface area contributed by atoms with Crippen molar-refractivity contribution in [3.8, 4) is 0 Å². The number of aromatic nitrogens is 1. The molecule has 0 aromatic carbocycles. The van der Waals surface area contributed by atoms with Gasteiger partial charge in [0, 0.05) is 23.7 Å². The molecule has 1 aromatic rings.